The minimum absolute atomic E-state index is 0.0508. The van der Waals surface area contributed by atoms with Gasteiger partial charge in [0.05, 0.1) is 11.1 Å². The molecule has 3 aromatic rings. The van der Waals surface area contributed by atoms with Crippen molar-refractivity contribution in [2.45, 2.75) is 11.5 Å². The predicted molar refractivity (Wildman–Crippen MR) is 107 cm³/mol. The maximum atomic E-state index is 13.0. The van der Waals surface area contributed by atoms with E-state index in [1.165, 1.54) is 42.6 Å². The number of hydrogen-bond acceptors (Lipinski definition) is 4. The first kappa shape index (κ1) is 19.9. The van der Waals surface area contributed by atoms with Crippen LogP contribution in [-0.2, 0) is 16.6 Å². The lowest BCUT2D eigenvalue weighted by Crippen LogP contribution is -2.18. The molecule has 0 aromatic heterocycles. The fourth-order valence-corrected chi connectivity index (χ4v) is 3.21. The summed E-state index contributed by atoms with van der Waals surface area (Å²) in [6.45, 7) is 0.238. The van der Waals surface area contributed by atoms with Gasteiger partial charge in [-0.1, -0.05) is 35.9 Å². The maximum Gasteiger partial charge on any atom is 0.276 e. The Labute approximate surface area is 167 Å². The van der Waals surface area contributed by atoms with Gasteiger partial charge in [0.25, 0.3) is 10.0 Å². The second-order valence-corrected chi connectivity index (χ2v) is 7.86. The Hall–Kier alpha value is -2.90. The molecule has 3 aromatic carbocycles. The number of benzene rings is 3. The summed E-state index contributed by atoms with van der Waals surface area (Å²) in [7, 11) is -3.80. The van der Waals surface area contributed by atoms with Crippen molar-refractivity contribution in [3.63, 3.8) is 0 Å². The molecule has 0 aliphatic heterocycles. The summed E-state index contributed by atoms with van der Waals surface area (Å²) >= 11 is 5.77. The summed E-state index contributed by atoms with van der Waals surface area (Å²) in [5.41, 5.74) is 1.39. The summed E-state index contributed by atoms with van der Waals surface area (Å²) in [4.78, 5) is 2.20. The second-order valence-electron chi connectivity index (χ2n) is 5.76. The minimum Gasteiger partial charge on any atom is -0.488 e. The fraction of sp³-hybridized carbons (Fsp3) is 0.0500. The van der Waals surface area contributed by atoms with Crippen LogP contribution in [0.4, 0.5) is 4.39 Å². The van der Waals surface area contributed by atoms with E-state index >= 15 is 0 Å². The SMILES string of the molecule is O=S(=O)(N/N=C/c1ccccc1OCc1ccc(F)cc1)c1ccc(Cl)cc1. The van der Waals surface area contributed by atoms with Crippen molar-refractivity contribution < 1.29 is 17.5 Å². The van der Waals surface area contributed by atoms with Gasteiger partial charge in [-0.3, -0.25) is 0 Å². The van der Waals surface area contributed by atoms with E-state index in [9.17, 15) is 12.8 Å². The first-order chi connectivity index (χ1) is 13.4. The topological polar surface area (TPSA) is 67.8 Å². The van der Waals surface area contributed by atoms with Crippen LogP contribution >= 0.6 is 11.6 Å². The second kappa shape index (κ2) is 8.86. The Kier molecular flexibility index (Phi) is 6.28. The van der Waals surface area contributed by atoms with Crippen molar-refractivity contribution in [1.29, 1.82) is 0 Å². The zero-order chi connectivity index (χ0) is 20.0. The monoisotopic (exact) mass is 418 g/mol. The van der Waals surface area contributed by atoms with Crippen LogP contribution in [0.1, 0.15) is 11.1 Å². The van der Waals surface area contributed by atoms with Crippen LogP contribution in [0.5, 0.6) is 5.75 Å². The summed E-state index contributed by atoms with van der Waals surface area (Å²) in [6.07, 6.45) is 1.35. The highest BCUT2D eigenvalue weighted by Crippen LogP contribution is 2.18. The fourth-order valence-electron chi connectivity index (χ4n) is 2.29. The van der Waals surface area contributed by atoms with E-state index in [4.69, 9.17) is 16.3 Å². The van der Waals surface area contributed by atoms with Crippen LogP contribution in [0.2, 0.25) is 5.02 Å². The van der Waals surface area contributed by atoms with E-state index in [0.717, 1.165) is 5.56 Å². The van der Waals surface area contributed by atoms with Crippen molar-refractivity contribution in [3.8, 4) is 5.75 Å². The smallest absolute Gasteiger partial charge is 0.276 e. The van der Waals surface area contributed by atoms with Gasteiger partial charge < -0.3 is 4.74 Å². The third-order valence-electron chi connectivity index (χ3n) is 3.73. The number of hydrogen-bond donors (Lipinski definition) is 1. The van der Waals surface area contributed by atoms with Gasteiger partial charge in [0, 0.05) is 10.6 Å². The van der Waals surface area contributed by atoms with Crippen molar-refractivity contribution in [1.82, 2.24) is 4.83 Å². The van der Waals surface area contributed by atoms with E-state index in [-0.39, 0.29) is 17.3 Å². The molecule has 144 valence electrons. The van der Waals surface area contributed by atoms with E-state index in [0.29, 0.717) is 16.3 Å². The van der Waals surface area contributed by atoms with E-state index in [2.05, 4.69) is 9.93 Å². The average molecular weight is 419 g/mol. The molecule has 5 nitrogen and oxygen atoms in total. The highest BCUT2D eigenvalue weighted by molar-refractivity contribution is 7.89. The molecule has 0 atom stereocenters. The van der Waals surface area contributed by atoms with Gasteiger partial charge >= 0.3 is 0 Å². The summed E-state index contributed by atoms with van der Waals surface area (Å²) < 4.78 is 43.2. The van der Waals surface area contributed by atoms with Crippen molar-refractivity contribution in [2.24, 2.45) is 5.10 Å². The number of para-hydroxylation sites is 1. The molecule has 3 rings (SSSR count). The number of nitrogens with one attached hydrogen (secondary N) is 1. The van der Waals surface area contributed by atoms with E-state index in [1.54, 1.807) is 36.4 Å². The van der Waals surface area contributed by atoms with Gasteiger partial charge in [-0.15, -0.1) is 0 Å². The largest absolute Gasteiger partial charge is 0.488 e. The Bertz CT molecular complexity index is 1070. The number of rotatable bonds is 7. The van der Waals surface area contributed by atoms with Crippen LogP contribution in [0.15, 0.2) is 82.8 Å². The van der Waals surface area contributed by atoms with Crippen LogP contribution < -0.4 is 9.57 Å². The summed E-state index contributed by atoms with van der Waals surface area (Å²) in [5, 5.41) is 4.25. The lowest BCUT2D eigenvalue weighted by molar-refractivity contribution is 0.305. The highest BCUT2D eigenvalue weighted by atomic mass is 35.5. The number of halogens is 2. The third-order valence-corrected chi connectivity index (χ3v) is 5.22. The molecule has 28 heavy (non-hydrogen) atoms. The number of sulfonamides is 1. The van der Waals surface area contributed by atoms with Crippen LogP contribution in [0.25, 0.3) is 0 Å². The lowest BCUT2D eigenvalue weighted by Gasteiger charge is -2.09. The van der Waals surface area contributed by atoms with Gasteiger partial charge in [0.2, 0.25) is 0 Å². The molecule has 0 saturated heterocycles. The standard InChI is InChI=1S/C20H16ClFN2O3S/c21-17-7-11-19(12-8-17)28(25,26)24-23-13-16-3-1-2-4-20(16)27-14-15-5-9-18(22)10-6-15/h1-13,24H,14H2/b23-13+. The first-order valence-electron chi connectivity index (χ1n) is 8.21. The average Bonchev–Trinajstić information content (AvgIpc) is 2.69. The molecule has 0 amide bonds. The molecule has 0 aliphatic carbocycles. The zero-order valence-electron chi connectivity index (χ0n) is 14.5. The summed E-state index contributed by atoms with van der Waals surface area (Å²) in [6, 6.07) is 18.8. The van der Waals surface area contributed by atoms with Crippen molar-refractivity contribution in [2.75, 3.05) is 0 Å². The lowest BCUT2D eigenvalue weighted by atomic mass is 10.2. The van der Waals surface area contributed by atoms with Crippen LogP contribution in [-0.4, -0.2) is 14.6 Å². The first-order valence-corrected chi connectivity index (χ1v) is 10.1. The molecule has 0 saturated carbocycles. The van der Waals surface area contributed by atoms with Crippen LogP contribution in [0.3, 0.4) is 0 Å². The van der Waals surface area contributed by atoms with Crippen molar-refractivity contribution >= 4 is 27.8 Å². The molecule has 0 radical (unpaired) electrons. The van der Waals surface area contributed by atoms with Gasteiger partial charge in [-0.2, -0.15) is 13.5 Å². The van der Waals surface area contributed by atoms with Crippen LogP contribution in [0, 0.1) is 5.82 Å². The molecular formula is C20H16ClFN2O3S. The Morgan fingerprint density at radius 1 is 1.00 bits per heavy atom. The van der Waals surface area contributed by atoms with E-state index in [1.807, 2.05) is 0 Å². The normalized spacial score (nSPS) is 11.5. The van der Waals surface area contributed by atoms with Crippen molar-refractivity contribution in [3.05, 3.63) is 94.8 Å². The Balaban J connectivity index is 1.68. The zero-order valence-corrected chi connectivity index (χ0v) is 16.1. The Morgan fingerprint density at radius 2 is 1.68 bits per heavy atom. The quantitative estimate of drug-likeness (QED) is 0.457. The molecule has 0 aliphatic rings. The number of hydrazone groups is 1. The maximum absolute atomic E-state index is 13.0. The highest BCUT2D eigenvalue weighted by Gasteiger charge is 2.12. The Morgan fingerprint density at radius 3 is 2.39 bits per heavy atom. The van der Waals surface area contributed by atoms with E-state index < -0.39 is 10.0 Å². The summed E-state index contributed by atoms with van der Waals surface area (Å²) in [5.74, 6) is 0.200. The molecule has 0 spiro atoms. The number of nitrogens with zero attached hydrogens (tertiary/aromatic N) is 1. The van der Waals surface area contributed by atoms with Gasteiger partial charge in [-0.25, -0.2) is 9.22 Å². The molecule has 0 heterocycles. The van der Waals surface area contributed by atoms with Gasteiger partial charge in [0.1, 0.15) is 18.2 Å². The molecular weight excluding hydrogens is 403 g/mol. The van der Waals surface area contributed by atoms with Gasteiger partial charge in [0.15, 0.2) is 0 Å². The molecule has 1 N–H and O–H groups in total. The molecule has 0 fully saturated rings. The number of ether oxygens (including phenoxy) is 1. The predicted octanol–water partition coefficient (Wildman–Crippen LogP) is 4.37. The van der Waals surface area contributed by atoms with Gasteiger partial charge in [-0.05, 0) is 54.1 Å². The molecule has 8 heteroatoms. The third kappa shape index (κ3) is 5.31. The molecule has 0 unspecified atom stereocenters. The molecule has 0 bridgehead atoms. The minimum atomic E-state index is -3.80.